The summed E-state index contributed by atoms with van der Waals surface area (Å²) in [5.74, 6) is 0.171. The van der Waals surface area contributed by atoms with Crippen molar-refractivity contribution in [2.24, 2.45) is 0 Å². The molecule has 0 aromatic heterocycles. The normalized spacial score (nSPS) is 10.7. The van der Waals surface area contributed by atoms with Crippen molar-refractivity contribution in [3.8, 4) is 0 Å². The maximum Gasteiger partial charge on any atom is 0.237 e. The summed E-state index contributed by atoms with van der Waals surface area (Å²) in [5, 5.41) is 0. The molecule has 0 aliphatic rings. The molecule has 0 aliphatic carbocycles. The quantitative estimate of drug-likeness (QED) is 0.783. The molecule has 0 fully saturated rings. The van der Waals surface area contributed by atoms with Crippen molar-refractivity contribution < 1.29 is 4.79 Å². The van der Waals surface area contributed by atoms with Crippen LogP contribution >= 0.6 is 0 Å². The molecule has 3 heteroatoms. The van der Waals surface area contributed by atoms with Crippen LogP contribution in [0, 0.1) is 0 Å². The van der Waals surface area contributed by atoms with Gasteiger partial charge in [0.1, 0.15) is 0 Å². The average Bonchev–Trinajstić information content (AvgIpc) is 2.54. The van der Waals surface area contributed by atoms with Crippen molar-refractivity contribution in [3.05, 3.63) is 71.8 Å². The van der Waals surface area contributed by atoms with E-state index in [0.717, 1.165) is 13.1 Å². The Morgan fingerprint density at radius 2 is 1.36 bits per heavy atom. The van der Waals surface area contributed by atoms with Gasteiger partial charge in [-0.05, 0) is 25.1 Å². The second kappa shape index (κ2) is 8.35. The van der Waals surface area contributed by atoms with E-state index in [4.69, 9.17) is 0 Å². The molecule has 0 unspecified atom stereocenters. The van der Waals surface area contributed by atoms with Gasteiger partial charge in [-0.2, -0.15) is 0 Å². The molecule has 2 aromatic rings. The van der Waals surface area contributed by atoms with Gasteiger partial charge in [0.25, 0.3) is 0 Å². The van der Waals surface area contributed by atoms with Gasteiger partial charge in [0.05, 0.1) is 6.54 Å². The fourth-order valence-corrected chi connectivity index (χ4v) is 2.46. The van der Waals surface area contributed by atoms with Crippen LogP contribution in [0.15, 0.2) is 60.7 Å². The van der Waals surface area contributed by atoms with E-state index in [0.29, 0.717) is 13.1 Å². The third-order valence-corrected chi connectivity index (χ3v) is 3.65. The number of nitrogens with zero attached hydrogens (tertiary/aromatic N) is 2. The molecule has 0 saturated carbocycles. The van der Waals surface area contributed by atoms with Gasteiger partial charge in [-0.15, -0.1) is 0 Å². The van der Waals surface area contributed by atoms with Crippen molar-refractivity contribution in [2.45, 2.75) is 20.0 Å². The second-order valence-electron chi connectivity index (χ2n) is 5.55. The summed E-state index contributed by atoms with van der Waals surface area (Å²) in [7, 11) is 1.99. The van der Waals surface area contributed by atoms with Gasteiger partial charge < -0.3 is 4.90 Å². The third-order valence-electron chi connectivity index (χ3n) is 3.65. The van der Waals surface area contributed by atoms with Gasteiger partial charge in [0.2, 0.25) is 5.91 Å². The first-order valence-corrected chi connectivity index (χ1v) is 7.73. The van der Waals surface area contributed by atoms with E-state index in [9.17, 15) is 4.79 Å². The maximum atomic E-state index is 12.5. The summed E-state index contributed by atoms with van der Waals surface area (Å²) in [6.45, 7) is 4.66. The largest absolute Gasteiger partial charge is 0.338 e. The summed E-state index contributed by atoms with van der Waals surface area (Å²) < 4.78 is 0. The maximum absolute atomic E-state index is 12.5. The molecule has 0 aliphatic heterocycles. The van der Waals surface area contributed by atoms with E-state index in [1.165, 1.54) is 11.1 Å². The molecular formula is C19H24N2O. The molecule has 0 N–H and O–H groups in total. The fourth-order valence-electron chi connectivity index (χ4n) is 2.46. The lowest BCUT2D eigenvalue weighted by molar-refractivity contribution is -0.132. The van der Waals surface area contributed by atoms with Crippen molar-refractivity contribution in [2.75, 3.05) is 20.1 Å². The van der Waals surface area contributed by atoms with Crippen LogP contribution < -0.4 is 0 Å². The van der Waals surface area contributed by atoms with Gasteiger partial charge >= 0.3 is 0 Å². The van der Waals surface area contributed by atoms with E-state index < -0.39 is 0 Å². The van der Waals surface area contributed by atoms with Crippen LogP contribution in [0.2, 0.25) is 0 Å². The van der Waals surface area contributed by atoms with E-state index in [2.05, 4.69) is 29.2 Å². The monoisotopic (exact) mass is 296 g/mol. The van der Waals surface area contributed by atoms with Gasteiger partial charge in [0, 0.05) is 19.6 Å². The van der Waals surface area contributed by atoms with Crippen LogP contribution in [0.5, 0.6) is 0 Å². The Morgan fingerprint density at radius 3 is 1.86 bits per heavy atom. The first kappa shape index (κ1) is 16.2. The Kier molecular flexibility index (Phi) is 6.16. The number of carbonyl (C=O) groups is 1. The molecule has 2 aromatic carbocycles. The van der Waals surface area contributed by atoms with Crippen LogP contribution in [0.1, 0.15) is 18.1 Å². The number of rotatable bonds is 7. The van der Waals surface area contributed by atoms with Crippen LogP contribution in [-0.4, -0.2) is 35.8 Å². The number of carbonyl (C=O) groups excluding carboxylic acids is 1. The fraction of sp³-hybridized carbons (Fsp3) is 0.316. The molecule has 0 atom stereocenters. The van der Waals surface area contributed by atoms with Crippen LogP contribution in [0.3, 0.4) is 0 Å². The van der Waals surface area contributed by atoms with Crippen molar-refractivity contribution >= 4 is 5.91 Å². The zero-order valence-corrected chi connectivity index (χ0v) is 13.4. The summed E-state index contributed by atoms with van der Waals surface area (Å²) in [4.78, 5) is 16.4. The van der Waals surface area contributed by atoms with E-state index in [1.54, 1.807) is 0 Å². The van der Waals surface area contributed by atoms with Crippen LogP contribution in [-0.2, 0) is 17.9 Å². The lowest BCUT2D eigenvalue weighted by atomic mass is 10.2. The van der Waals surface area contributed by atoms with E-state index in [-0.39, 0.29) is 5.91 Å². The van der Waals surface area contributed by atoms with Crippen LogP contribution in [0.25, 0.3) is 0 Å². The molecule has 0 saturated heterocycles. The molecule has 0 heterocycles. The Bertz CT molecular complexity index is 569. The van der Waals surface area contributed by atoms with Crippen molar-refractivity contribution in [3.63, 3.8) is 0 Å². The number of hydrogen-bond acceptors (Lipinski definition) is 2. The summed E-state index contributed by atoms with van der Waals surface area (Å²) >= 11 is 0. The first-order valence-electron chi connectivity index (χ1n) is 7.73. The average molecular weight is 296 g/mol. The van der Waals surface area contributed by atoms with Gasteiger partial charge in [0.15, 0.2) is 0 Å². The summed E-state index contributed by atoms with van der Waals surface area (Å²) in [6, 6.07) is 20.4. The Balaban J connectivity index is 1.88. The minimum Gasteiger partial charge on any atom is -0.338 e. The van der Waals surface area contributed by atoms with Gasteiger partial charge in [-0.3, -0.25) is 9.69 Å². The molecule has 0 radical (unpaired) electrons. The standard InChI is InChI=1S/C19H24N2O/c1-3-21(15-18-12-8-5-9-13-18)19(22)16-20(2)14-17-10-6-4-7-11-17/h4-13H,3,14-16H2,1-2H3. The molecule has 22 heavy (non-hydrogen) atoms. The highest BCUT2D eigenvalue weighted by Crippen LogP contribution is 2.07. The van der Waals surface area contributed by atoms with Gasteiger partial charge in [-0.1, -0.05) is 60.7 Å². The van der Waals surface area contributed by atoms with Crippen molar-refractivity contribution in [1.29, 1.82) is 0 Å². The minimum atomic E-state index is 0.171. The number of likely N-dealkylation sites (N-methyl/N-ethyl adjacent to an activating group) is 2. The van der Waals surface area contributed by atoms with Crippen molar-refractivity contribution in [1.82, 2.24) is 9.80 Å². The highest BCUT2D eigenvalue weighted by molar-refractivity contribution is 5.78. The smallest absolute Gasteiger partial charge is 0.237 e. The van der Waals surface area contributed by atoms with E-state index >= 15 is 0 Å². The first-order chi connectivity index (χ1) is 10.7. The number of hydrogen-bond donors (Lipinski definition) is 0. The lowest BCUT2D eigenvalue weighted by Gasteiger charge is -2.24. The predicted octanol–water partition coefficient (Wildman–Crippen LogP) is 3.17. The Morgan fingerprint density at radius 1 is 0.864 bits per heavy atom. The van der Waals surface area contributed by atoms with Crippen LogP contribution in [0.4, 0.5) is 0 Å². The number of benzene rings is 2. The Labute approximate surface area is 133 Å². The van der Waals surface area contributed by atoms with E-state index in [1.807, 2.05) is 55.3 Å². The lowest BCUT2D eigenvalue weighted by Crippen LogP contribution is -2.38. The Hall–Kier alpha value is -2.13. The summed E-state index contributed by atoms with van der Waals surface area (Å²) in [6.07, 6.45) is 0. The zero-order valence-electron chi connectivity index (χ0n) is 13.4. The minimum absolute atomic E-state index is 0.171. The highest BCUT2D eigenvalue weighted by Gasteiger charge is 2.14. The third kappa shape index (κ3) is 5.01. The second-order valence-corrected chi connectivity index (χ2v) is 5.55. The number of amides is 1. The molecular weight excluding hydrogens is 272 g/mol. The zero-order chi connectivity index (χ0) is 15.8. The molecule has 0 spiro atoms. The summed E-state index contributed by atoms with van der Waals surface area (Å²) in [5.41, 5.74) is 2.40. The SMILES string of the molecule is CCN(Cc1ccccc1)C(=O)CN(C)Cc1ccccc1. The molecule has 0 bridgehead atoms. The molecule has 116 valence electrons. The molecule has 2 rings (SSSR count). The highest BCUT2D eigenvalue weighted by atomic mass is 16.2. The topological polar surface area (TPSA) is 23.6 Å². The molecule has 1 amide bonds. The predicted molar refractivity (Wildman–Crippen MR) is 90.3 cm³/mol. The molecule has 3 nitrogen and oxygen atoms in total. The van der Waals surface area contributed by atoms with Gasteiger partial charge in [-0.25, -0.2) is 0 Å².